The topological polar surface area (TPSA) is 55.8 Å². The summed E-state index contributed by atoms with van der Waals surface area (Å²) in [5, 5.41) is 9.06. The van der Waals surface area contributed by atoms with Crippen LogP contribution in [-0.4, -0.2) is 36.0 Å². The summed E-state index contributed by atoms with van der Waals surface area (Å²) in [6, 6.07) is 0. The molecule has 1 rings (SSSR count). The van der Waals surface area contributed by atoms with Gasteiger partial charge in [-0.05, 0) is 13.3 Å². The van der Waals surface area contributed by atoms with Crippen molar-refractivity contribution in [2.24, 2.45) is 0 Å². The van der Waals surface area contributed by atoms with E-state index in [4.69, 9.17) is 14.6 Å². The zero-order valence-electron chi connectivity index (χ0n) is 8.08. The summed E-state index contributed by atoms with van der Waals surface area (Å²) >= 11 is 0. The molecule has 1 N–H and O–H groups in total. The van der Waals surface area contributed by atoms with Crippen molar-refractivity contribution in [1.82, 2.24) is 0 Å². The predicted octanol–water partition coefficient (Wildman–Crippen LogP) is 1.05. The number of carbonyl (C=O) groups is 1. The van der Waals surface area contributed by atoms with Gasteiger partial charge in [0.25, 0.3) is 0 Å². The minimum absolute atomic E-state index is 0.350. The van der Waals surface area contributed by atoms with Crippen LogP contribution in [0, 0.1) is 0 Å². The molecule has 1 fully saturated rings. The third-order valence-corrected chi connectivity index (χ3v) is 2.42. The first-order chi connectivity index (χ1) is 6.13. The summed E-state index contributed by atoms with van der Waals surface area (Å²) in [6.07, 6.45) is 0.919. The van der Waals surface area contributed by atoms with Gasteiger partial charge in [-0.15, -0.1) is 0 Å². The molecule has 1 heterocycles. The van der Waals surface area contributed by atoms with Gasteiger partial charge >= 0.3 is 5.97 Å². The minimum Gasteiger partial charge on any atom is -0.479 e. The lowest BCUT2D eigenvalue weighted by molar-refractivity contribution is -0.172. The van der Waals surface area contributed by atoms with Crippen molar-refractivity contribution in [3.05, 3.63) is 0 Å². The molecule has 13 heavy (non-hydrogen) atoms. The molecule has 0 aromatic carbocycles. The van der Waals surface area contributed by atoms with E-state index < -0.39 is 11.6 Å². The Hall–Kier alpha value is -0.610. The first-order valence-corrected chi connectivity index (χ1v) is 4.62. The van der Waals surface area contributed by atoms with Gasteiger partial charge in [-0.2, -0.15) is 0 Å². The highest BCUT2D eigenvalue weighted by Gasteiger charge is 2.49. The summed E-state index contributed by atoms with van der Waals surface area (Å²) in [7, 11) is 0. The van der Waals surface area contributed by atoms with E-state index in [2.05, 4.69) is 0 Å². The van der Waals surface area contributed by atoms with E-state index in [1.807, 2.05) is 6.92 Å². The van der Waals surface area contributed by atoms with Crippen LogP contribution in [0.1, 0.15) is 26.7 Å². The summed E-state index contributed by atoms with van der Waals surface area (Å²) in [5.41, 5.74) is -1.10. The molecule has 4 nitrogen and oxygen atoms in total. The summed E-state index contributed by atoms with van der Waals surface area (Å²) in [4.78, 5) is 11.0. The van der Waals surface area contributed by atoms with Crippen LogP contribution in [0.25, 0.3) is 0 Å². The maximum absolute atomic E-state index is 11.0. The maximum atomic E-state index is 11.0. The normalized spacial score (nSPS) is 33.5. The molecule has 0 aromatic heterocycles. The Morgan fingerprint density at radius 2 is 2.46 bits per heavy atom. The van der Waals surface area contributed by atoms with Crippen LogP contribution in [0.15, 0.2) is 0 Å². The molecular formula is C9H16O4. The number of aliphatic carboxylic acids is 1. The average molecular weight is 188 g/mol. The van der Waals surface area contributed by atoms with Crippen molar-refractivity contribution in [3.8, 4) is 0 Å². The molecule has 2 atom stereocenters. The molecule has 0 bridgehead atoms. The standard InChI is InChI=1S/C9H16O4/c1-3-5-13-9(8(10)11)4-6-12-7(9)2/h7H,3-6H2,1-2H3,(H,10,11). The lowest BCUT2D eigenvalue weighted by Gasteiger charge is -2.27. The molecule has 0 amide bonds. The third-order valence-electron chi connectivity index (χ3n) is 2.42. The van der Waals surface area contributed by atoms with Crippen molar-refractivity contribution in [1.29, 1.82) is 0 Å². The molecule has 0 radical (unpaired) electrons. The van der Waals surface area contributed by atoms with E-state index in [0.717, 1.165) is 6.42 Å². The quantitative estimate of drug-likeness (QED) is 0.716. The van der Waals surface area contributed by atoms with Gasteiger partial charge in [-0.1, -0.05) is 6.92 Å². The molecule has 0 aliphatic carbocycles. The van der Waals surface area contributed by atoms with Gasteiger partial charge in [0.2, 0.25) is 0 Å². The molecular weight excluding hydrogens is 172 g/mol. The van der Waals surface area contributed by atoms with Crippen LogP contribution in [0.4, 0.5) is 0 Å². The molecule has 4 heteroatoms. The minimum atomic E-state index is -1.10. The van der Waals surface area contributed by atoms with Crippen molar-refractivity contribution < 1.29 is 19.4 Å². The van der Waals surface area contributed by atoms with E-state index in [-0.39, 0.29) is 6.10 Å². The van der Waals surface area contributed by atoms with E-state index in [1.165, 1.54) is 0 Å². The fraction of sp³-hybridized carbons (Fsp3) is 0.889. The molecule has 1 aliphatic heterocycles. The first kappa shape index (κ1) is 10.5. The Morgan fingerprint density at radius 3 is 2.85 bits per heavy atom. The Kier molecular flexibility index (Phi) is 3.27. The fourth-order valence-corrected chi connectivity index (χ4v) is 1.54. The molecule has 76 valence electrons. The predicted molar refractivity (Wildman–Crippen MR) is 46.6 cm³/mol. The van der Waals surface area contributed by atoms with E-state index >= 15 is 0 Å². The summed E-state index contributed by atoms with van der Waals surface area (Å²) in [6.45, 7) is 4.64. The smallest absolute Gasteiger partial charge is 0.338 e. The fourth-order valence-electron chi connectivity index (χ4n) is 1.54. The van der Waals surface area contributed by atoms with E-state index in [1.54, 1.807) is 6.92 Å². The van der Waals surface area contributed by atoms with Crippen molar-refractivity contribution >= 4 is 5.97 Å². The average Bonchev–Trinajstić information content (AvgIpc) is 2.45. The second-order valence-electron chi connectivity index (χ2n) is 3.31. The van der Waals surface area contributed by atoms with Crippen LogP contribution in [0.3, 0.4) is 0 Å². The SMILES string of the molecule is CCCOC1(C(=O)O)CCOC1C. The van der Waals surface area contributed by atoms with Gasteiger partial charge in [0.1, 0.15) is 0 Å². The second kappa shape index (κ2) is 4.07. The molecule has 1 aliphatic rings. The van der Waals surface area contributed by atoms with Crippen LogP contribution >= 0.6 is 0 Å². The molecule has 0 aromatic rings. The number of ether oxygens (including phenoxy) is 2. The van der Waals surface area contributed by atoms with Gasteiger partial charge in [0.15, 0.2) is 5.60 Å². The maximum Gasteiger partial charge on any atom is 0.338 e. The van der Waals surface area contributed by atoms with Gasteiger partial charge in [-0.25, -0.2) is 4.79 Å². The first-order valence-electron chi connectivity index (χ1n) is 4.62. The van der Waals surface area contributed by atoms with Crippen molar-refractivity contribution in [2.75, 3.05) is 13.2 Å². The van der Waals surface area contributed by atoms with Crippen molar-refractivity contribution in [2.45, 2.75) is 38.4 Å². The lowest BCUT2D eigenvalue weighted by atomic mass is 9.96. The molecule has 2 unspecified atom stereocenters. The molecule has 0 saturated carbocycles. The second-order valence-corrected chi connectivity index (χ2v) is 3.31. The third kappa shape index (κ3) is 1.84. The Morgan fingerprint density at radius 1 is 1.77 bits per heavy atom. The lowest BCUT2D eigenvalue weighted by Crippen LogP contribution is -2.47. The molecule has 0 spiro atoms. The Labute approximate surface area is 77.8 Å². The van der Waals surface area contributed by atoms with Gasteiger partial charge in [-0.3, -0.25) is 0 Å². The van der Waals surface area contributed by atoms with Crippen LogP contribution in [0.2, 0.25) is 0 Å². The number of rotatable bonds is 4. The molecule has 1 saturated heterocycles. The highest BCUT2D eigenvalue weighted by molar-refractivity contribution is 5.78. The number of hydrogen-bond donors (Lipinski definition) is 1. The summed E-state index contributed by atoms with van der Waals surface area (Å²) in [5.74, 6) is -0.911. The monoisotopic (exact) mass is 188 g/mol. The van der Waals surface area contributed by atoms with Crippen molar-refractivity contribution in [3.63, 3.8) is 0 Å². The zero-order chi connectivity index (χ0) is 9.90. The van der Waals surface area contributed by atoms with Gasteiger partial charge in [0.05, 0.1) is 12.7 Å². The largest absolute Gasteiger partial charge is 0.479 e. The van der Waals surface area contributed by atoms with Gasteiger partial charge in [0, 0.05) is 13.0 Å². The van der Waals surface area contributed by atoms with Gasteiger partial charge < -0.3 is 14.6 Å². The number of carboxylic acids is 1. The number of hydrogen-bond acceptors (Lipinski definition) is 3. The Bertz CT molecular complexity index is 192. The van der Waals surface area contributed by atoms with Crippen LogP contribution in [-0.2, 0) is 14.3 Å². The highest BCUT2D eigenvalue weighted by Crippen LogP contribution is 2.30. The van der Waals surface area contributed by atoms with Crippen LogP contribution < -0.4 is 0 Å². The van der Waals surface area contributed by atoms with Crippen LogP contribution in [0.5, 0.6) is 0 Å². The number of carboxylic acid groups (broad SMARTS) is 1. The summed E-state index contributed by atoms with van der Waals surface area (Å²) < 4.78 is 10.6. The zero-order valence-corrected chi connectivity index (χ0v) is 8.08. The Balaban J connectivity index is 2.68. The highest BCUT2D eigenvalue weighted by atomic mass is 16.6. The van der Waals surface area contributed by atoms with E-state index in [0.29, 0.717) is 19.6 Å². The van der Waals surface area contributed by atoms with E-state index in [9.17, 15) is 4.79 Å².